The molecule has 0 aliphatic rings. The Morgan fingerprint density at radius 1 is 1.44 bits per heavy atom. The maximum absolute atomic E-state index is 10.6. The van der Waals surface area contributed by atoms with Crippen LogP contribution in [-0.2, 0) is 0 Å². The fourth-order valence-corrected chi connectivity index (χ4v) is 1.32. The fourth-order valence-electron chi connectivity index (χ4n) is 1.32. The Labute approximate surface area is 92.9 Å². The number of aliphatic hydroxyl groups excluding tert-OH is 1. The number of nitrogens with zero attached hydrogens (tertiary/aromatic N) is 2. The largest absolute Gasteiger partial charge is 0.386 e. The van der Waals surface area contributed by atoms with Crippen molar-refractivity contribution in [2.75, 3.05) is 25.1 Å². The van der Waals surface area contributed by atoms with Gasteiger partial charge in [-0.15, -0.1) is 0 Å². The molecule has 1 aromatic rings. The second-order valence-corrected chi connectivity index (χ2v) is 3.59. The molecule has 0 amide bonds. The van der Waals surface area contributed by atoms with E-state index in [9.17, 15) is 15.2 Å². The van der Waals surface area contributed by atoms with Crippen LogP contribution in [-0.4, -0.2) is 41.1 Å². The molecule has 0 spiro atoms. The molecule has 16 heavy (non-hydrogen) atoms. The van der Waals surface area contributed by atoms with Gasteiger partial charge in [-0.3, -0.25) is 10.1 Å². The maximum Gasteiger partial charge on any atom is 0.362 e. The number of rotatable bonds is 5. The van der Waals surface area contributed by atoms with Crippen molar-refractivity contribution in [3.05, 3.63) is 40.4 Å². The van der Waals surface area contributed by atoms with Gasteiger partial charge in [-0.25, -0.2) is 0 Å². The summed E-state index contributed by atoms with van der Waals surface area (Å²) in [6.45, 7) is -1.20. The molecule has 6 nitrogen and oxygen atoms in total. The van der Waals surface area contributed by atoms with Crippen LogP contribution in [0.3, 0.4) is 0 Å². The quantitative estimate of drug-likeness (QED) is 0.422. The van der Waals surface area contributed by atoms with Gasteiger partial charge in [-0.2, -0.15) is 0 Å². The van der Waals surface area contributed by atoms with Crippen molar-refractivity contribution in [3.8, 4) is 0 Å². The van der Waals surface area contributed by atoms with Gasteiger partial charge in [0.05, 0.1) is 4.92 Å². The predicted molar refractivity (Wildman–Crippen MR) is 58.7 cm³/mol. The van der Waals surface area contributed by atoms with Crippen molar-refractivity contribution in [2.24, 2.45) is 0 Å². The summed E-state index contributed by atoms with van der Waals surface area (Å²) in [5.41, 5.74) is -1.60. The normalized spacial score (nSPS) is 14.2. The van der Waals surface area contributed by atoms with Crippen molar-refractivity contribution < 1.29 is 15.1 Å². The number of hydrogen-bond donors (Lipinski definition) is 2. The first kappa shape index (κ1) is 12.4. The molecule has 0 bridgehead atoms. The standard InChI is InChI=1S/C10H14N2O4/c1-11(9-5-3-2-4-6-9)7-10(14,8-13)12(15)16/h2-6,13-14H,7-8H2,1H3. The van der Waals surface area contributed by atoms with Crippen molar-refractivity contribution >= 4 is 5.69 Å². The first-order valence-electron chi connectivity index (χ1n) is 4.73. The lowest BCUT2D eigenvalue weighted by Gasteiger charge is -2.25. The molecule has 0 aliphatic carbocycles. The number of anilines is 1. The summed E-state index contributed by atoms with van der Waals surface area (Å²) < 4.78 is 0. The van der Waals surface area contributed by atoms with Crippen molar-refractivity contribution in [1.82, 2.24) is 0 Å². The van der Waals surface area contributed by atoms with E-state index < -0.39 is 17.3 Å². The summed E-state index contributed by atoms with van der Waals surface area (Å²) in [7, 11) is 1.61. The molecule has 0 aliphatic heterocycles. The fraction of sp³-hybridized carbons (Fsp3) is 0.400. The van der Waals surface area contributed by atoms with Gasteiger partial charge in [0.2, 0.25) is 0 Å². The number of nitro groups is 1. The number of benzene rings is 1. The monoisotopic (exact) mass is 226 g/mol. The Kier molecular flexibility index (Phi) is 3.81. The Balaban J connectivity index is 2.78. The molecule has 1 atom stereocenters. The average Bonchev–Trinajstić information content (AvgIpc) is 2.29. The molecule has 1 rings (SSSR count). The lowest BCUT2D eigenvalue weighted by molar-refractivity contribution is -0.624. The molecule has 0 saturated carbocycles. The Morgan fingerprint density at radius 3 is 2.44 bits per heavy atom. The summed E-state index contributed by atoms with van der Waals surface area (Å²) in [6, 6.07) is 8.92. The number of aliphatic hydroxyl groups is 2. The predicted octanol–water partition coefficient (Wildman–Crippen LogP) is 0.0804. The van der Waals surface area contributed by atoms with Gasteiger partial charge in [0.15, 0.2) is 0 Å². The van der Waals surface area contributed by atoms with Gasteiger partial charge in [0, 0.05) is 12.7 Å². The number of hydrogen-bond acceptors (Lipinski definition) is 5. The van der Waals surface area contributed by atoms with Gasteiger partial charge in [0.1, 0.15) is 13.2 Å². The zero-order valence-corrected chi connectivity index (χ0v) is 8.91. The molecule has 0 aromatic heterocycles. The van der Waals surface area contributed by atoms with E-state index in [-0.39, 0.29) is 6.54 Å². The molecule has 1 unspecified atom stereocenters. The van der Waals surface area contributed by atoms with E-state index >= 15 is 0 Å². The van der Waals surface area contributed by atoms with E-state index in [4.69, 9.17) is 5.11 Å². The first-order valence-corrected chi connectivity index (χ1v) is 4.73. The molecule has 1 aromatic carbocycles. The second-order valence-electron chi connectivity index (χ2n) is 3.59. The summed E-state index contributed by atoms with van der Waals surface area (Å²) in [6.07, 6.45) is 0. The first-order chi connectivity index (χ1) is 7.49. The third kappa shape index (κ3) is 2.68. The molecule has 2 N–H and O–H groups in total. The summed E-state index contributed by atoms with van der Waals surface area (Å²) in [4.78, 5) is 11.2. The molecule has 0 radical (unpaired) electrons. The molecular weight excluding hydrogens is 212 g/mol. The Hall–Kier alpha value is -1.66. The van der Waals surface area contributed by atoms with Gasteiger partial charge in [-0.1, -0.05) is 18.2 Å². The minimum atomic E-state index is -2.33. The molecule has 6 heteroatoms. The van der Waals surface area contributed by atoms with E-state index in [1.54, 1.807) is 31.3 Å². The molecule has 0 saturated heterocycles. The van der Waals surface area contributed by atoms with Crippen LogP contribution >= 0.6 is 0 Å². The van der Waals surface area contributed by atoms with Gasteiger partial charge >= 0.3 is 5.72 Å². The number of likely N-dealkylation sites (N-methyl/N-ethyl adjacent to an activating group) is 1. The average molecular weight is 226 g/mol. The van der Waals surface area contributed by atoms with Crippen LogP contribution in [0.5, 0.6) is 0 Å². The Morgan fingerprint density at radius 2 is 2.00 bits per heavy atom. The highest BCUT2D eigenvalue weighted by molar-refractivity contribution is 5.45. The summed E-state index contributed by atoms with van der Waals surface area (Å²) >= 11 is 0. The molecule has 0 fully saturated rings. The van der Waals surface area contributed by atoms with E-state index in [1.165, 1.54) is 4.90 Å². The number of para-hydroxylation sites is 1. The van der Waals surface area contributed by atoms with Crippen LogP contribution in [0.1, 0.15) is 0 Å². The van der Waals surface area contributed by atoms with E-state index in [2.05, 4.69) is 0 Å². The van der Waals surface area contributed by atoms with Crippen LogP contribution in [0, 0.1) is 10.1 Å². The molecule has 0 heterocycles. The van der Waals surface area contributed by atoms with Crippen molar-refractivity contribution in [1.29, 1.82) is 0 Å². The van der Waals surface area contributed by atoms with E-state index in [0.717, 1.165) is 5.69 Å². The highest BCUT2D eigenvalue weighted by atomic mass is 16.7. The third-order valence-electron chi connectivity index (χ3n) is 2.28. The minimum Gasteiger partial charge on any atom is -0.386 e. The zero-order valence-electron chi connectivity index (χ0n) is 8.91. The topological polar surface area (TPSA) is 86.8 Å². The summed E-state index contributed by atoms with van der Waals surface area (Å²) in [5, 5.41) is 29.0. The lowest BCUT2D eigenvalue weighted by Crippen LogP contribution is -2.51. The third-order valence-corrected chi connectivity index (χ3v) is 2.28. The van der Waals surface area contributed by atoms with Crippen LogP contribution in [0.15, 0.2) is 30.3 Å². The highest BCUT2D eigenvalue weighted by Gasteiger charge is 2.41. The van der Waals surface area contributed by atoms with Gasteiger partial charge in [-0.05, 0) is 12.1 Å². The van der Waals surface area contributed by atoms with Gasteiger partial charge < -0.3 is 15.1 Å². The maximum atomic E-state index is 10.6. The minimum absolute atomic E-state index is 0.277. The van der Waals surface area contributed by atoms with E-state index in [0.29, 0.717) is 0 Å². The van der Waals surface area contributed by atoms with Crippen LogP contribution in [0.25, 0.3) is 0 Å². The van der Waals surface area contributed by atoms with E-state index in [1.807, 2.05) is 6.07 Å². The summed E-state index contributed by atoms with van der Waals surface area (Å²) in [5.74, 6) is 0. The zero-order chi connectivity index (χ0) is 12.2. The highest BCUT2D eigenvalue weighted by Crippen LogP contribution is 2.15. The SMILES string of the molecule is CN(CC(O)(CO)[N+](=O)[O-])c1ccccc1. The second kappa shape index (κ2) is 4.91. The lowest BCUT2D eigenvalue weighted by atomic mass is 10.2. The van der Waals surface area contributed by atoms with Crippen LogP contribution < -0.4 is 4.90 Å². The smallest absolute Gasteiger partial charge is 0.362 e. The van der Waals surface area contributed by atoms with Crippen LogP contribution in [0.2, 0.25) is 0 Å². The van der Waals surface area contributed by atoms with Crippen molar-refractivity contribution in [3.63, 3.8) is 0 Å². The van der Waals surface area contributed by atoms with Crippen molar-refractivity contribution in [2.45, 2.75) is 5.72 Å². The molecular formula is C10H14N2O4. The Bertz CT molecular complexity index is 357. The molecule has 88 valence electrons. The van der Waals surface area contributed by atoms with Gasteiger partial charge in [0.25, 0.3) is 0 Å². The van der Waals surface area contributed by atoms with Crippen LogP contribution in [0.4, 0.5) is 5.69 Å².